The monoisotopic (exact) mass is 505 g/mol. The average molecular weight is 506 g/mol. The van der Waals surface area contributed by atoms with E-state index in [4.69, 9.17) is 17.2 Å². The molecule has 5 heteroatoms. The molecule has 0 atom stereocenters. The summed E-state index contributed by atoms with van der Waals surface area (Å²) in [5.41, 5.74) is 26.6. The van der Waals surface area contributed by atoms with E-state index < -0.39 is 0 Å². The van der Waals surface area contributed by atoms with E-state index in [1.807, 2.05) is 36.4 Å². The molecule has 178 valence electrons. The van der Waals surface area contributed by atoms with Crippen molar-refractivity contribution in [1.82, 2.24) is 0 Å². The zero-order chi connectivity index (χ0) is 25.1. The van der Waals surface area contributed by atoms with Crippen LogP contribution in [0.25, 0.3) is 22.3 Å². The Balaban J connectivity index is 1.31. The molecule has 0 saturated carbocycles. The van der Waals surface area contributed by atoms with Gasteiger partial charge in [-0.05, 0) is 89.8 Å². The van der Waals surface area contributed by atoms with E-state index in [1.165, 1.54) is 10.5 Å². The quantitative estimate of drug-likeness (QED) is 0.202. The lowest BCUT2D eigenvalue weighted by atomic mass is 10.00. The minimum Gasteiger partial charge on any atom is -0.399 e. The van der Waals surface area contributed by atoms with Crippen LogP contribution in [-0.4, -0.2) is 0 Å². The first-order valence-electron chi connectivity index (χ1n) is 11.6. The number of benzene rings is 5. The van der Waals surface area contributed by atoms with Crippen LogP contribution in [0.3, 0.4) is 0 Å². The largest absolute Gasteiger partial charge is 0.399 e. The first kappa shape index (κ1) is 23.9. The van der Waals surface area contributed by atoms with Gasteiger partial charge in [0.05, 0.1) is 0 Å². The lowest BCUT2D eigenvalue weighted by Gasteiger charge is -2.11. The fraction of sp³-hybridized carbons (Fsp3) is 0.0323. The zero-order valence-corrected chi connectivity index (χ0v) is 21.6. The molecule has 0 radical (unpaired) electrons. The Bertz CT molecular complexity index is 1380. The van der Waals surface area contributed by atoms with Crippen molar-refractivity contribution in [1.29, 1.82) is 0 Å². The Morgan fingerprint density at radius 2 is 0.833 bits per heavy atom. The summed E-state index contributed by atoms with van der Waals surface area (Å²) in [6.45, 7) is 2.09. The highest BCUT2D eigenvalue weighted by Gasteiger charge is 2.08. The Morgan fingerprint density at radius 3 is 1.25 bits per heavy atom. The van der Waals surface area contributed by atoms with Crippen LogP contribution in [0.2, 0.25) is 0 Å². The van der Waals surface area contributed by atoms with Crippen molar-refractivity contribution in [2.75, 3.05) is 17.2 Å². The standard InChI is InChI=1S/C31H27N3S2/c1-20-2-12-26(13-3-20)35-30-16-8-23(18-28(30)33)21-4-6-22(7-5-21)24-9-17-31(29(34)19-24)36-27-14-10-25(32)11-15-27/h2-19H,32-34H2,1H3. The van der Waals surface area contributed by atoms with Crippen LogP contribution < -0.4 is 17.2 Å². The molecule has 0 fully saturated rings. The molecule has 0 aromatic heterocycles. The first-order chi connectivity index (χ1) is 17.4. The molecule has 0 bridgehead atoms. The maximum absolute atomic E-state index is 6.41. The molecule has 3 nitrogen and oxygen atoms in total. The van der Waals surface area contributed by atoms with Gasteiger partial charge in [-0.3, -0.25) is 0 Å². The molecule has 5 aromatic rings. The third-order valence-corrected chi connectivity index (χ3v) is 8.13. The van der Waals surface area contributed by atoms with E-state index in [2.05, 4.69) is 79.7 Å². The summed E-state index contributed by atoms with van der Waals surface area (Å²) in [5.74, 6) is 0. The number of hydrogen-bond donors (Lipinski definition) is 3. The maximum atomic E-state index is 6.41. The van der Waals surface area contributed by atoms with Gasteiger partial charge in [0.1, 0.15) is 0 Å². The SMILES string of the molecule is Cc1ccc(Sc2ccc(-c3ccc(-c4ccc(Sc5ccc(N)cc5)c(N)c4)cc3)cc2N)cc1. The molecule has 0 aliphatic heterocycles. The van der Waals surface area contributed by atoms with Crippen molar-refractivity contribution >= 4 is 40.6 Å². The van der Waals surface area contributed by atoms with Crippen molar-refractivity contribution in [3.63, 3.8) is 0 Å². The smallest absolute Gasteiger partial charge is 0.0462 e. The summed E-state index contributed by atoms with van der Waals surface area (Å²) in [5, 5.41) is 0. The molecule has 0 saturated heterocycles. The molecular weight excluding hydrogens is 478 g/mol. The van der Waals surface area contributed by atoms with Crippen molar-refractivity contribution in [2.45, 2.75) is 26.5 Å². The molecule has 6 N–H and O–H groups in total. The molecular formula is C31H27N3S2. The van der Waals surface area contributed by atoms with Crippen LogP contribution in [0, 0.1) is 6.92 Å². The lowest BCUT2D eigenvalue weighted by molar-refractivity contribution is 1.36. The molecule has 0 aliphatic carbocycles. The summed E-state index contributed by atoms with van der Waals surface area (Å²) in [4.78, 5) is 4.38. The Hall–Kier alpha value is -3.80. The van der Waals surface area contributed by atoms with Crippen LogP contribution >= 0.6 is 23.5 Å². The van der Waals surface area contributed by atoms with Crippen molar-refractivity contribution in [3.8, 4) is 22.3 Å². The van der Waals surface area contributed by atoms with Crippen LogP contribution in [-0.2, 0) is 0 Å². The molecule has 5 rings (SSSR count). The number of hydrogen-bond acceptors (Lipinski definition) is 5. The minimum atomic E-state index is 0.755. The van der Waals surface area contributed by atoms with Crippen molar-refractivity contribution < 1.29 is 0 Å². The van der Waals surface area contributed by atoms with Gasteiger partial charge in [-0.15, -0.1) is 0 Å². The number of rotatable bonds is 6. The first-order valence-corrected chi connectivity index (χ1v) is 13.3. The normalized spacial score (nSPS) is 10.9. The molecule has 0 spiro atoms. The Labute approximate surface area is 220 Å². The predicted molar refractivity (Wildman–Crippen MR) is 156 cm³/mol. The van der Waals surface area contributed by atoms with Gasteiger partial charge in [0.2, 0.25) is 0 Å². The van der Waals surface area contributed by atoms with Gasteiger partial charge in [-0.2, -0.15) is 0 Å². The van der Waals surface area contributed by atoms with E-state index in [0.29, 0.717) is 0 Å². The third kappa shape index (κ3) is 5.54. The van der Waals surface area contributed by atoms with E-state index in [9.17, 15) is 0 Å². The summed E-state index contributed by atoms with van der Waals surface area (Å²) >= 11 is 3.32. The zero-order valence-electron chi connectivity index (χ0n) is 19.9. The highest BCUT2D eigenvalue weighted by atomic mass is 32.2. The second-order valence-electron chi connectivity index (χ2n) is 8.67. The number of nitrogens with two attached hydrogens (primary N) is 3. The van der Waals surface area contributed by atoms with Crippen LogP contribution in [0.4, 0.5) is 17.1 Å². The summed E-state index contributed by atoms with van der Waals surface area (Å²) in [6, 6.07) is 37.3. The van der Waals surface area contributed by atoms with E-state index in [0.717, 1.165) is 54.0 Å². The predicted octanol–water partition coefficient (Wildman–Crippen LogP) is 8.38. The Kier molecular flexibility index (Phi) is 6.94. The fourth-order valence-corrected chi connectivity index (χ4v) is 5.57. The van der Waals surface area contributed by atoms with E-state index >= 15 is 0 Å². The van der Waals surface area contributed by atoms with Gasteiger partial charge < -0.3 is 17.2 Å². The van der Waals surface area contributed by atoms with Gasteiger partial charge in [0.15, 0.2) is 0 Å². The highest BCUT2D eigenvalue weighted by molar-refractivity contribution is 7.99. The highest BCUT2D eigenvalue weighted by Crippen LogP contribution is 2.37. The summed E-state index contributed by atoms with van der Waals surface area (Å²) in [6.07, 6.45) is 0. The number of anilines is 3. The second-order valence-corrected chi connectivity index (χ2v) is 10.9. The van der Waals surface area contributed by atoms with Gasteiger partial charge in [0, 0.05) is 36.6 Å². The minimum absolute atomic E-state index is 0.755. The Morgan fingerprint density at radius 1 is 0.444 bits per heavy atom. The molecule has 36 heavy (non-hydrogen) atoms. The second kappa shape index (κ2) is 10.4. The number of nitrogen functional groups attached to an aromatic ring is 3. The molecule has 0 aliphatic rings. The van der Waals surface area contributed by atoms with Crippen molar-refractivity contribution in [2.24, 2.45) is 0 Å². The molecule has 5 aromatic carbocycles. The fourth-order valence-electron chi connectivity index (χ4n) is 3.89. The lowest BCUT2D eigenvalue weighted by Crippen LogP contribution is -1.91. The van der Waals surface area contributed by atoms with Gasteiger partial charge in [-0.25, -0.2) is 0 Å². The van der Waals surface area contributed by atoms with Gasteiger partial charge in [-0.1, -0.05) is 77.6 Å². The average Bonchev–Trinajstić information content (AvgIpc) is 2.89. The van der Waals surface area contributed by atoms with Crippen LogP contribution in [0.15, 0.2) is 129 Å². The summed E-state index contributed by atoms with van der Waals surface area (Å²) < 4.78 is 0. The van der Waals surface area contributed by atoms with Crippen LogP contribution in [0.5, 0.6) is 0 Å². The topological polar surface area (TPSA) is 78.1 Å². The number of aryl methyl sites for hydroxylation is 1. The molecule has 0 amide bonds. The summed E-state index contributed by atoms with van der Waals surface area (Å²) in [7, 11) is 0. The van der Waals surface area contributed by atoms with E-state index in [-0.39, 0.29) is 0 Å². The van der Waals surface area contributed by atoms with Gasteiger partial charge >= 0.3 is 0 Å². The third-order valence-electron chi connectivity index (χ3n) is 5.93. The van der Waals surface area contributed by atoms with Crippen molar-refractivity contribution in [3.05, 3.63) is 115 Å². The van der Waals surface area contributed by atoms with E-state index in [1.54, 1.807) is 23.5 Å². The van der Waals surface area contributed by atoms with Crippen LogP contribution in [0.1, 0.15) is 5.56 Å². The van der Waals surface area contributed by atoms with Gasteiger partial charge in [0.25, 0.3) is 0 Å². The molecule has 0 heterocycles. The maximum Gasteiger partial charge on any atom is 0.0462 e. The molecule has 0 unspecified atom stereocenters.